The van der Waals surface area contributed by atoms with Crippen LogP contribution in [0, 0.1) is 0 Å². The Morgan fingerprint density at radius 1 is 1.33 bits per heavy atom. The summed E-state index contributed by atoms with van der Waals surface area (Å²) in [6, 6.07) is 0.372. The molecule has 3 heteroatoms. The van der Waals surface area contributed by atoms with Gasteiger partial charge in [-0.15, -0.1) is 0 Å². The van der Waals surface area contributed by atoms with Crippen LogP contribution < -0.4 is 0 Å². The van der Waals surface area contributed by atoms with Crippen LogP contribution in [0.4, 0.5) is 0 Å². The first-order valence-electron chi connectivity index (χ1n) is 5.83. The molecule has 0 bridgehead atoms. The standard InChI is InChI=1S/C12H16N2O/c1-7(2)14-9-5-6-10(15)11(9)12(13-14)8-3-4-8/h7-8H,3-6H2,1-2H3. The lowest BCUT2D eigenvalue weighted by atomic mass is 10.1. The second kappa shape index (κ2) is 2.94. The topological polar surface area (TPSA) is 34.9 Å². The summed E-state index contributed by atoms with van der Waals surface area (Å²) < 4.78 is 2.06. The van der Waals surface area contributed by atoms with E-state index in [1.54, 1.807) is 0 Å². The first kappa shape index (κ1) is 9.13. The lowest BCUT2D eigenvalue weighted by molar-refractivity contribution is 0.0993. The summed E-state index contributed by atoms with van der Waals surface area (Å²) in [6.45, 7) is 4.26. The van der Waals surface area contributed by atoms with E-state index in [0.717, 1.165) is 17.7 Å². The second-order valence-corrected chi connectivity index (χ2v) is 4.94. The summed E-state index contributed by atoms with van der Waals surface area (Å²) in [6.07, 6.45) is 4.02. The van der Waals surface area contributed by atoms with Crippen LogP contribution in [0.25, 0.3) is 0 Å². The zero-order chi connectivity index (χ0) is 10.6. The predicted octanol–water partition coefficient (Wildman–Crippen LogP) is 2.47. The molecule has 0 atom stereocenters. The molecule has 0 amide bonds. The third-order valence-electron chi connectivity index (χ3n) is 3.36. The van der Waals surface area contributed by atoms with Gasteiger partial charge in [0.15, 0.2) is 5.78 Å². The van der Waals surface area contributed by atoms with Crippen molar-refractivity contribution in [3.8, 4) is 0 Å². The number of hydrogen-bond acceptors (Lipinski definition) is 2. The molecule has 0 spiro atoms. The third-order valence-corrected chi connectivity index (χ3v) is 3.36. The van der Waals surface area contributed by atoms with Crippen LogP contribution in [-0.4, -0.2) is 15.6 Å². The van der Waals surface area contributed by atoms with E-state index in [1.807, 2.05) is 0 Å². The van der Waals surface area contributed by atoms with Crippen molar-refractivity contribution >= 4 is 5.78 Å². The van der Waals surface area contributed by atoms with Crippen LogP contribution in [0.15, 0.2) is 0 Å². The fraction of sp³-hybridized carbons (Fsp3) is 0.667. The number of nitrogens with zero attached hydrogens (tertiary/aromatic N) is 2. The molecule has 1 heterocycles. The normalized spacial score (nSPS) is 20.1. The van der Waals surface area contributed by atoms with Crippen LogP contribution in [0.2, 0.25) is 0 Å². The molecule has 0 N–H and O–H groups in total. The quantitative estimate of drug-likeness (QED) is 0.741. The van der Waals surface area contributed by atoms with Gasteiger partial charge in [0.25, 0.3) is 0 Å². The highest BCUT2D eigenvalue weighted by atomic mass is 16.1. The monoisotopic (exact) mass is 204 g/mol. The van der Waals surface area contributed by atoms with Gasteiger partial charge in [-0.2, -0.15) is 5.10 Å². The molecule has 1 saturated carbocycles. The molecule has 3 rings (SSSR count). The lowest BCUT2D eigenvalue weighted by Crippen LogP contribution is -2.06. The number of aromatic nitrogens is 2. The SMILES string of the molecule is CC(C)n1nc(C2CC2)c2c1CCC2=O. The van der Waals surface area contributed by atoms with Crippen LogP contribution >= 0.6 is 0 Å². The molecule has 0 unspecified atom stereocenters. The van der Waals surface area contributed by atoms with Crippen molar-refractivity contribution in [2.24, 2.45) is 0 Å². The van der Waals surface area contributed by atoms with Crippen molar-refractivity contribution in [1.82, 2.24) is 9.78 Å². The highest BCUT2D eigenvalue weighted by molar-refractivity contribution is 6.01. The van der Waals surface area contributed by atoms with Crippen molar-refractivity contribution < 1.29 is 4.79 Å². The number of ketones is 1. The minimum atomic E-state index is 0.318. The average Bonchev–Trinajstić information content (AvgIpc) is 2.85. The summed E-state index contributed by atoms with van der Waals surface area (Å²) in [7, 11) is 0. The second-order valence-electron chi connectivity index (χ2n) is 4.94. The predicted molar refractivity (Wildman–Crippen MR) is 57.2 cm³/mol. The molecular weight excluding hydrogens is 188 g/mol. The van der Waals surface area contributed by atoms with Crippen molar-refractivity contribution in [2.75, 3.05) is 0 Å². The molecule has 0 aromatic carbocycles. The van der Waals surface area contributed by atoms with Crippen molar-refractivity contribution in [1.29, 1.82) is 0 Å². The Labute approximate surface area is 89.5 Å². The molecule has 0 radical (unpaired) electrons. The van der Waals surface area contributed by atoms with Gasteiger partial charge in [0.2, 0.25) is 0 Å². The Bertz CT molecular complexity index is 427. The Balaban J connectivity index is 2.16. The van der Waals surface area contributed by atoms with Gasteiger partial charge in [-0.05, 0) is 33.1 Å². The van der Waals surface area contributed by atoms with Crippen molar-refractivity contribution in [2.45, 2.75) is 51.5 Å². The fourth-order valence-corrected chi connectivity index (χ4v) is 2.46. The number of carbonyl (C=O) groups excluding carboxylic acids is 1. The van der Waals surface area contributed by atoms with E-state index in [-0.39, 0.29) is 0 Å². The van der Waals surface area contributed by atoms with E-state index in [9.17, 15) is 4.79 Å². The molecule has 0 aliphatic heterocycles. The van der Waals surface area contributed by atoms with E-state index in [0.29, 0.717) is 24.2 Å². The minimum Gasteiger partial charge on any atom is -0.294 e. The third kappa shape index (κ3) is 1.25. The molecule has 80 valence electrons. The molecule has 0 saturated heterocycles. The van der Waals surface area contributed by atoms with E-state index in [1.165, 1.54) is 18.5 Å². The van der Waals surface area contributed by atoms with Gasteiger partial charge < -0.3 is 0 Å². The first-order valence-corrected chi connectivity index (χ1v) is 5.83. The molecule has 3 nitrogen and oxygen atoms in total. The van der Waals surface area contributed by atoms with E-state index >= 15 is 0 Å². The molecule has 1 fully saturated rings. The van der Waals surface area contributed by atoms with Crippen LogP contribution in [-0.2, 0) is 6.42 Å². The van der Waals surface area contributed by atoms with Crippen LogP contribution in [0.1, 0.15) is 66.8 Å². The maximum atomic E-state index is 11.8. The zero-order valence-corrected chi connectivity index (χ0v) is 9.29. The van der Waals surface area contributed by atoms with Gasteiger partial charge in [0.1, 0.15) is 0 Å². The highest BCUT2D eigenvalue weighted by Gasteiger charge is 2.37. The van der Waals surface area contributed by atoms with Crippen LogP contribution in [0.5, 0.6) is 0 Å². The molecular formula is C12H16N2O. The summed E-state index contributed by atoms with van der Waals surface area (Å²) in [5.74, 6) is 0.902. The van der Waals surface area contributed by atoms with Gasteiger partial charge in [0, 0.05) is 18.4 Å². The van der Waals surface area contributed by atoms with Gasteiger partial charge >= 0.3 is 0 Å². The van der Waals surface area contributed by atoms with Gasteiger partial charge in [-0.25, -0.2) is 0 Å². The largest absolute Gasteiger partial charge is 0.294 e. The summed E-state index contributed by atoms with van der Waals surface area (Å²) in [4.78, 5) is 11.8. The number of rotatable bonds is 2. The number of hydrogen-bond donors (Lipinski definition) is 0. The minimum absolute atomic E-state index is 0.318. The zero-order valence-electron chi connectivity index (χ0n) is 9.29. The first-order chi connectivity index (χ1) is 7.18. The molecule has 1 aromatic heterocycles. The number of Topliss-reactive ketones (excluding diaryl/α,β-unsaturated/α-hetero) is 1. The van der Waals surface area contributed by atoms with Crippen molar-refractivity contribution in [3.05, 3.63) is 17.0 Å². The fourth-order valence-electron chi connectivity index (χ4n) is 2.46. The van der Waals surface area contributed by atoms with Gasteiger partial charge in [-0.1, -0.05) is 0 Å². The Hall–Kier alpha value is -1.12. The van der Waals surface area contributed by atoms with Crippen molar-refractivity contribution in [3.63, 3.8) is 0 Å². The Morgan fingerprint density at radius 2 is 2.07 bits per heavy atom. The Morgan fingerprint density at radius 3 is 2.67 bits per heavy atom. The van der Waals surface area contributed by atoms with Gasteiger partial charge in [-0.3, -0.25) is 9.48 Å². The highest BCUT2D eigenvalue weighted by Crippen LogP contribution is 2.43. The lowest BCUT2D eigenvalue weighted by Gasteiger charge is -2.08. The molecule has 1 aromatic rings. The summed E-state index contributed by atoms with van der Waals surface area (Å²) >= 11 is 0. The number of fused-ring (bicyclic) bond motifs is 1. The average molecular weight is 204 g/mol. The Kier molecular flexibility index (Phi) is 1.79. The van der Waals surface area contributed by atoms with Gasteiger partial charge in [0.05, 0.1) is 17.0 Å². The summed E-state index contributed by atoms with van der Waals surface area (Å²) in [5.41, 5.74) is 3.27. The molecule has 2 aliphatic carbocycles. The van der Waals surface area contributed by atoms with E-state index in [2.05, 4.69) is 23.6 Å². The molecule has 2 aliphatic rings. The van der Waals surface area contributed by atoms with Crippen LogP contribution in [0.3, 0.4) is 0 Å². The smallest absolute Gasteiger partial charge is 0.167 e. The van der Waals surface area contributed by atoms with E-state index < -0.39 is 0 Å². The maximum absolute atomic E-state index is 11.8. The maximum Gasteiger partial charge on any atom is 0.167 e. The number of carbonyl (C=O) groups is 1. The molecule has 15 heavy (non-hydrogen) atoms. The summed E-state index contributed by atoms with van der Waals surface area (Å²) in [5, 5.41) is 4.64. The van der Waals surface area contributed by atoms with E-state index in [4.69, 9.17) is 0 Å².